The van der Waals surface area contributed by atoms with Gasteiger partial charge in [-0.05, 0) is 49.8 Å². The molecule has 0 aliphatic heterocycles. The van der Waals surface area contributed by atoms with Gasteiger partial charge in [-0.15, -0.1) is 0 Å². The van der Waals surface area contributed by atoms with Crippen molar-refractivity contribution in [3.8, 4) is 0 Å². The topological polar surface area (TPSA) is 26.0 Å². The summed E-state index contributed by atoms with van der Waals surface area (Å²) in [5.74, 6) is 1.16. The monoisotopic (exact) mass is 223 g/mol. The maximum Gasteiger partial charge on any atom is 0.00872 e. The molecule has 0 fully saturated rings. The quantitative estimate of drug-likeness (QED) is 0.830. The van der Waals surface area contributed by atoms with Crippen LogP contribution in [-0.2, 0) is 6.42 Å². The highest BCUT2D eigenvalue weighted by atomic mass is 32.2. The van der Waals surface area contributed by atoms with Gasteiger partial charge in [0.05, 0.1) is 0 Å². The van der Waals surface area contributed by atoms with Crippen molar-refractivity contribution in [2.24, 2.45) is 5.73 Å². The fraction of sp³-hybridized carbons (Fsp3) is 0.538. The number of hydrogen-bond acceptors (Lipinski definition) is 2. The Kier molecular flexibility index (Phi) is 5.20. The van der Waals surface area contributed by atoms with Gasteiger partial charge in [0.15, 0.2) is 0 Å². The molecule has 0 radical (unpaired) electrons. The van der Waals surface area contributed by atoms with Crippen molar-refractivity contribution in [1.29, 1.82) is 0 Å². The van der Waals surface area contributed by atoms with E-state index in [0.29, 0.717) is 6.04 Å². The third-order valence-electron chi connectivity index (χ3n) is 2.68. The van der Waals surface area contributed by atoms with E-state index in [1.807, 2.05) is 11.8 Å². The summed E-state index contributed by atoms with van der Waals surface area (Å²) in [6.07, 6.45) is 4.24. The number of aryl methyl sites for hydroxylation is 2. The van der Waals surface area contributed by atoms with E-state index in [4.69, 9.17) is 5.73 Å². The van der Waals surface area contributed by atoms with Gasteiger partial charge >= 0.3 is 0 Å². The SMILES string of the molecule is CSCCC(N)Cc1cc(C)ccc1C. The van der Waals surface area contributed by atoms with Crippen LogP contribution in [0, 0.1) is 13.8 Å². The van der Waals surface area contributed by atoms with E-state index in [1.165, 1.54) is 16.7 Å². The molecule has 0 saturated heterocycles. The lowest BCUT2D eigenvalue weighted by Gasteiger charge is -2.13. The Labute approximate surface area is 97.4 Å². The lowest BCUT2D eigenvalue weighted by Crippen LogP contribution is -2.23. The predicted molar refractivity (Wildman–Crippen MR) is 70.6 cm³/mol. The van der Waals surface area contributed by atoms with Crippen LogP contribution in [0.5, 0.6) is 0 Å². The normalized spacial score (nSPS) is 12.8. The van der Waals surface area contributed by atoms with E-state index in [2.05, 4.69) is 38.3 Å². The molecular formula is C13H21NS. The second-order valence-corrected chi connectivity index (χ2v) is 5.16. The molecule has 15 heavy (non-hydrogen) atoms. The largest absolute Gasteiger partial charge is 0.327 e. The van der Waals surface area contributed by atoms with Crippen molar-refractivity contribution < 1.29 is 0 Å². The Hall–Kier alpha value is -0.470. The van der Waals surface area contributed by atoms with Gasteiger partial charge in [0.25, 0.3) is 0 Å². The standard InChI is InChI=1S/C13H21NS/c1-10-4-5-11(2)12(8-10)9-13(14)6-7-15-3/h4-5,8,13H,6-7,9,14H2,1-3H3. The Bertz CT molecular complexity index is 309. The predicted octanol–water partition coefficient (Wildman–Crippen LogP) is 2.93. The van der Waals surface area contributed by atoms with E-state index in [0.717, 1.165) is 18.6 Å². The highest BCUT2D eigenvalue weighted by Crippen LogP contribution is 2.13. The number of nitrogens with two attached hydrogens (primary N) is 1. The molecule has 1 aromatic carbocycles. The molecule has 0 saturated carbocycles. The molecule has 0 heterocycles. The number of hydrogen-bond donors (Lipinski definition) is 1. The third kappa shape index (κ3) is 4.27. The average molecular weight is 223 g/mol. The number of rotatable bonds is 5. The van der Waals surface area contributed by atoms with Crippen LogP contribution in [0.25, 0.3) is 0 Å². The summed E-state index contributed by atoms with van der Waals surface area (Å²) in [6.45, 7) is 4.30. The van der Waals surface area contributed by atoms with Crippen molar-refractivity contribution in [2.75, 3.05) is 12.0 Å². The highest BCUT2D eigenvalue weighted by Gasteiger charge is 2.06. The third-order valence-corrected chi connectivity index (χ3v) is 3.32. The molecule has 1 nitrogen and oxygen atoms in total. The Morgan fingerprint density at radius 1 is 1.33 bits per heavy atom. The summed E-state index contributed by atoms with van der Waals surface area (Å²) in [7, 11) is 0. The zero-order valence-electron chi connectivity index (χ0n) is 9.92. The van der Waals surface area contributed by atoms with Crippen LogP contribution < -0.4 is 5.73 Å². The summed E-state index contributed by atoms with van der Waals surface area (Å²) in [4.78, 5) is 0. The number of benzene rings is 1. The van der Waals surface area contributed by atoms with Gasteiger partial charge < -0.3 is 5.73 Å². The van der Waals surface area contributed by atoms with Gasteiger partial charge in [-0.1, -0.05) is 23.8 Å². The summed E-state index contributed by atoms with van der Waals surface area (Å²) >= 11 is 1.87. The molecular weight excluding hydrogens is 202 g/mol. The molecule has 2 N–H and O–H groups in total. The summed E-state index contributed by atoms with van der Waals surface area (Å²) in [5.41, 5.74) is 10.2. The van der Waals surface area contributed by atoms with Crippen LogP contribution in [-0.4, -0.2) is 18.1 Å². The van der Waals surface area contributed by atoms with Crippen molar-refractivity contribution in [1.82, 2.24) is 0 Å². The van der Waals surface area contributed by atoms with Gasteiger partial charge in [0, 0.05) is 6.04 Å². The van der Waals surface area contributed by atoms with E-state index in [1.54, 1.807) is 0 Å². The van der Waals surface area contributed by atoms with Crippen molar-refractivity contribution in [3.05, 3.63) is 34.9 Å². The fourth-order valence-electron chi connectivity index (χ4n) is 1.67. The minimum absolute atomic E-state index is 0.304. The highest BCUT2D eigenvalue weighted by molar-refractivity contribution is 7.98. The van der Waals surface area contributed by atoms with Gasteiger partial charge in [-0.2, -0.15) is 11.8 Å². The molecule has 1 atom stereocenters. The van der Waals surface area contributed by atoms with E-state index >= 15 is 0 Å². The summed E-state index contributed by atoms with van der Waals surface area (Å²) in [5, 5.41) is 0. The minimum Gasteiger partial charge on any atom is -0.327 e. The lowest BCUT2D eigenvalue weighted by molar-refractivity contribution is 0.650. The molecule has 0 aromatic heterocycles. The van der Waals surface area contributed by atoms with Crippen LogP contribution in [0.2, 0.25) is 0 Å². The van der Waals surface area contributed by atoms with Crippen molar-refractivity contribution in [2.45, 2.75) is 32.7 Å². The lowest BCUT2D eigenvalue weighted by atomic mass is 9.98. The molecule has 1 unspecified atom stereocenters. The van der Waals surface area contributed by atoms with Crippen LogP contribution in [0.15, 0.2) is 18.2 Å². The first-order valence-corrected chi connectivity index (χ1v) is 6.83. The van der Waals surface area contributed by atoms with Gasteiger partial charge in [0.2, 0.25) is 0 Å². The van der Waals surface area contributed by atoms with E-state index < -0.39 is 0 Å². The maximum atomic E-state index is 6.10. The molecule has 1 aromatic rings. The molecule has 0 bridgehead atoms. The zero-order valence-corrected chi connectivity index (χ0v) is 10.7. The smallest absolute Gasteiger partial charge is 0.00872 e. The van der Waals surface area contributed by atoms with Crippen molar-refractivity contribution >= 4 is 11.8 Å². The first-order valence-electron chi connectivity index (χ1n) is 5.44. The fourth-order valence-corrected chi connectivity index (χ4v) is 2.21. The van der Waals surface area contributed by atoms with Gasteiger partial charge in [0.1, 0.15) is 0 Å². The Morgan fingerprint density at radius 3 is 2.73 bits per heavy atom. The molecule has 0 spiro atoms. The van der Waals surface area contributed by atoms with Crippen LogP contribution >= 0.6 is 11.8 Å². The maximum absolute atomic E-state index is 6.10. The number of thioether (sulfide) groups is 1. The van der Waals surface area contributed by atoms with E-state index in [9.17, 15) is 0 Å². The average Bonchev–Trinajstić information content (AvgIpc) is 2.20. The molecule has 1 rings (SSSR count). The molecule has 84 valence electrons. The molecule has 0 aliphatic carbocycles. The minimum atomic E-state index is 0.304. The van der Waals surface area contributed by atoms with E-state index in [-0.39, 0.29) is 0 Å². The van der Waals surface area contributed by atoms with Crippen LogP contribution in [0.3, 0.4) is 0 Å². The first kappa shape index (κ1) is 12.6. The van der Waals surface area contributed by atoms with Crippen LogP contribution in [0.1, 0.15) is 23.1 Å². The van der Waals surface area contributed by atoms with Crippen LogP contribution in [0.4, 0.5) is 0 Å². The molecule has 2 heteroatoms. The Morgan fingerprint density at radius 2 is 2.07 bits per heavy atom. The van der Waals surface area contributed by atoms with Gasteiger partial charge in [-0.25, -0.2) is 0 Å². The summed E-state index contributed by atoms with van der Waals surface area (Å²) < 4.78 is 0. The molecule has 0 amide bonds. The first-order chi connectivity index (χ1) is 7.13. The molecule has 0 aliphatic rings. The van der Waals surface area contributed by atoms with Crippen molar-refractivity contribution in [3.63, 3.8) is 0 Å². The Balaban J connectivity index is 2.59. The summed E-state index contributed by atoms with van der Waals surface area (Å²) in [6, 6.07) is 6.91. The second-order valence-electron chi connectivity index (χ2n) is 4.18. The zero-order chi connectivity index (χ0) is 11.3. The second kappa shape index (κ2) is 6.19. The van der Waals surface area contributed by atoms with Gasteiger partial charge in [-0.3, -0.25) is 0 Å².